The first-order chi connectivity index (χ1) is 13.0. The van der Waals surface area contributed by atoms with E-state index in [-0.39, 0.29) is 13.1 Å². The van der Waals surface area contributed by atoms with Gasteiger partial charge in [-0.05, 0) is 35.9 Å². The van der Waals surface area contributed by atoms with Gasteiger partial charge in [0.25, 0.3) is 11.8 Å². The molecule has 0 aliphatic rings. The van der Waals surface area contributed by atoms with Crippen LogP contribution in [-0.4, -0.2) is 38.0 Å². The van der Waals surface area contributed by atoms with E-state index in [1.807, 2.05) is 6.07 Å². The van der Waals surface area contributed by atoms with Gasteiger partial charge in [0.15, 0.2) is 6.61 Å². The SMILES string of the molecule is COc1cccc(C(=O)NCC(=O)OCC(=O)NCc2cccc(Cl)c2)c1. The molecule has 0 spiro atoms. The van der Waals surface area contributed by atoms with Crippen LogP contribution in [0.15, 0.2) is 48.5 Å². The van der Waals surface area contributed by atoms with Gasteiger partial charge in [-0.15, -0.1) is 0 Å². The van der Waals surface area contributed by atoms with Crippen molar-refractivity contribution in [3.8, 4) is 5.75 Å². The van der Waals surface area contributed by atoms with E-state index in [1.165, 1.54) is 7.11 Å². The molecule has 27 heavy (non-hydrogen) atoms. The second kappa shape index (κ2) is 10.2. The molecule has 2 amide bonds. The van der Waals surface area contributed by atoms with E-state index in [0.29, 0.717) is 16.3 Å². The van der Waals surface area contributed by atoms with Crippen LogP contribution in [-0.2, 0) is 20.9 Å². The first-order valence-electron chi connectivity index (χ1n) is 8.07. The van der Waals surface area contributed by atoms with Gasteiger partial charge in [0.2, 0.25) is 0 Å². The first kappa shape index (κ1) is 20.3. The maximum atomic E-state index is 12.0. The lowest BCUT2D eigenvalue weighted by Gasteiger charge is -2.08. The van der Waals surface area contributed by atoms with Crippen LogP contribution in [0.2, 0.25) is 5.02 Å². The summed E-state index contributed by atoms with van der Waals surface area (Å²) in [5, 5.41) is 5.60. The number of ether oxygens (including phenoxy) is 2. The first-order valence-corrected chi connectivity index (χ1v) is 8.44. The number of benzene rings is 2. The molecule has 0 saturated heterocycles. The van der Waals surface area contributed by atoms with Crippen molar-refractivity contribution in [1.82, 2.24) is 10.6 Å². The summed E-state index contributed by atoms with van der Waals surface area (Å²) in [5.41, 5.74) is 1.18. The molecular formula is C19H19ClN2O5. The molecule has 8 heteroatoms. The largest absolute Gasteiger partial charge is 0.497 e. The molecule has 0 radical (unpaired) electrons. The van der Waals surface area contributed by atoms with E-state index >= 15 is 0 Å². The molecule has 2 rings (SSSR count). The molecule has 2 N–H and O–H groups in total. The lowest BCUT2D eigenvalue weighted by Crippen LogP contribution is -2.33. The minimum atomic E-state index is -0.718. The summed E-state index contributed by atoms with van der Waals surface area (Å²) in [5.74, 6) is -1.09. The highest BCUT2D eigenvalue weighted by Gasteiger charge is 2.11. The molecule has 7 nitrogen and oxygen atoms in total. The van der Waals surface area contributed by atoms with E-state index in [9.17, 15) is 14.4 Å². The van der Waals surface area contributed by atoms with Gasteiger partial charge in [-0.25, -0.2) is 0 Å². The molecule has 0 bridgehead atoms. The van der Waals surface area contributed by atoms with Gasteiger partial charge in [-0.2, -0.15) is 0 Å². The molecule has 0 saturated carbocycles. The predicted molar refractivity (Wildman–Crippen MR) is 99.6 cm³/mol. The van der Waals surface area contributed by atoms with Crippen molar-refractivity contribution in [2.45, 2.75) is 6.54 Å². The molecule has 0 unspecified atom stereocenters. The van der Waals surface area contributed by atoms with Crippen LogP contribution in [0.4, 0.5) is 0 Å². The number of carbonyl (C=O) groups excluding carboxylic acids is 3. The fraction of sp³-hybridized carbons (Fsp3) is 0.211. The number of hydrogen-bond donors (Lipinski definition) is 2. The Morgan fingerprint density at radius 2 is 1.81 bits per heavy atom. The van der Waals surface area contributed by atoms with Crippen LogP contribution in [0.3, 0.4) is 0 Å². The number of nitrogens with one attached hydrogen (secondary N) is 2. The Morgan fingerprint density at radius 1 is 1.04 bits per heavy atom. The topological polar surface area (TPSA) is 93.7 Å². The number of rotatable bonds is 8. The Bertz CT molecular complexity index is 825. The summed E-state index contributed by atoms with van der Waals surface area (Å²) in [6, 6.07) is 13.5. The maximum absolute atomic E-state index is 12.0. The van der Waals surface area contributed by atoms with Gasteiger partial charge in [0.05, 0.1) is 7.11 Å². The van der Waals surface area contributed by atoms with Crippen LogP contribution in [0, 0.1) is 0 Å². The fourth-order valence-electron chi connectivity index (χ4n) is 2.11. The molecule has 0 heterocycles. The summed E-state index contributed by atoms with van der Waals surface area (Å²) in [6.07, 6.45) is 0. The molecule has 2 aromatic rings. The zero-order valence-corrected chi connectivity index (χ0v) is 15.4. The van der Waals surface area contributed by atoms with Gasteiger partial charge in [-0.3, -0.25) is 14.4 Å². The molecular weight excluding hydrogens is 372 g/mol. The average molecular weight is 391 g/mol. The van der Waals surface area contributed by atoms with Crippen LogP contribution >= 0.6 is 11.6 Å². The van der Waals surface area contributed by atoms with Crippen molar-refractivity contribution >= 4 is 29.4 Å². The van der Waals surface area contributed by atoms with Crippen molar-refractivity contribution in [2.75, 3.05) is 20.3 Å². The van der Waals surface area contributed by atoms with Crippen molar-refractivity contribution in [2.24, 2.45) is 0 Å². The Hall–Kier alpha value is -3.06. The number of hydrogen-bond acceptors (Lipinski definition) is 5. The monoisotopic (exact) mass is 390 g/mol. The van der Waals surface area contributed by atoms with Crippen molar-refractivity contribution in [3.05, 3.63) is 64.7 Å². The lowest BCUT2D eigenvalue weighted by atomic mass is 10.2. The summed E-state index contributed by atoms with van der Waals surface area (Å²) in [4.78, 5) is 35.4. The highest BCUT2D eigenvalue weighted by atomic mass is 35.5. The van der Waals surface area contributed by atoms with E-state index in [4.69, 9.17) is 21.1 Å². The van der Waals surface area contributed by atoms with Crippen LogP contribution < -0.4 is 15.4 Å². The third-order valence-electron chi connectivity index (χ3n) is 3.47. The number of amides is 2. The second-order valence-electron chi connectivity index (χ2n) is 5.48. The standard InChI is InChI=1S/C19H19ClN2O5/c1-26-16-7-3-5-14(9-16)19(25)22-11-18(24)27-12-17(23)21-10-13-4-2-6-15(20)8-13/h2-9H,10-12H2,1H3,(H,21,23)(H,22,25). The molecule has 0 atom stereocenters. The molecule has 0 aromatic heterocycles. The molecule has 0 aliphatic carbocycles. The number of halogens is 1. The Balaban J connectivity index is 1.69. The van der Waals surface area contributed by atoms with Crippen molar-refractivity contribution in [3.63, 3.8) is 0 Å². The molecule has 0 fully saturated rings. The lowest BCUT2D eigenvalue weighted by molar-refractivity contribution is -0.147. The second-order valence-corrected chi connectivity index (χ2v) is 5.92. The number of methoxy groups -OCH3 is 1. The summed E-state index contributed by atoms with van der Waals surface area (Å²) < 4.78 is 9.86. The van der Waals surface area contributed by atoms with Crippen LogP contribution in [0.5, 0.6) is 5.75 Å². The van der Waals surface area contributed by atoms with Gasteiger partial charge in [0.1, 0.15) is 12.3 Å². The van der Waals surface area contributed by atoms with Crippen molar-refractivity contribution < 1.29 is 23.9 Å². The summed E-state index contributed by atoms with van der Waals surface area (Å²) in [7, 11) is 1.49. The summed E-state index contributed by atoms with van der Waals surface area (Å²) >= 11 is 5.86. The maximum Gasteiger partial charge on any atom is 0.325 e. The van der Waals surface area contributed by atoms with Crippen LogP contribution in [0.1, 0.15) is 15.9 Å². The molecule has 2 aromatic carbocycles. The van der Waals surface area contributed by atoms with Gasteiger partial charge >= 0.3 is 5.97 Å². The highest BCUT2D eigenvalue weighted by molar-refractivity contribution is 6.30. The quantitative estimate of drug-likeness (QED) is 0.672. The van der Waals surface area contributed by atoms with Gasteiger partial charge < -0.3 is 20.1 Å². The number of esters is 1. The zero-order chi connectivity index (χ0) is 19.6. The smallest absolute Gasteiger partial charge is 0.325 e. The Labute approximate surface area is 161 Å². The molecule has 0 aliphatic heterocycles. The van der Waals surface area contributed by atoms with Crippen molar-refractivity contribution in [1.29, 1.82) is 0 Å². The minimum Gasteiger partial charge on any atom is -0.497 e. The predicted octanol–water partition coefficient (Wildman–Crippen LogP) is 1.94. The van der Waals surface area contributed by atoms with E-state index in [1.54, 1.807) is 42.5 Å². The third-order valence-corrected chi connectivity index (χ3v) is 3.70. The summed E-state index contributed by atoms with van der Waals surface area (Å²) in [6.45, 7) is -0.518. The van der Waals surface area contributed by atoms with E-state index < -0.39 is 24.4 Å². The average Bonchev–Trinajstić information content (AvgIpc) is 2.69. The Morgan fingerprint density at radius 3 is 2.56 bits per heavy atom. The normalized spacial score (nSPS) is 10.0. The fourth-order valence-corrected chi connectivity index (χ4v) is 2.33. The van der Waals surface area contributed by atoms with E-state index in [2.05, 4.69) is 10.6 Å². The Kier molecular flexibility index (Phi) is 7.63. The number of carbonyl (C=O) groups is 3. The zero-order valence-electron chi connectivity index (χ0n) is 14.7. The third kappa shape index (κ3) is 6.99. The van der Waals surface area contributed by atoms with Crippen LogP contribution in [0.25, 0.3) is 0 Å². The molecule has 142 valence electrons. The van der Waals surface area contributed by atoms with Gasteiger partial charge in [-0.1, -0.05) is 29.8 Å². The van der Waals surface area contributed by atoms with Gasteiger partial charge in [0, 0.05) is 17.1 Å². The van der Waals surface area contributed by atoms with E-state index in [0.717, 1.165) is 5.56 Å². The highest BCUT2D eigenvalue weighted by Crippen LogP contribution is 2.12. The minimum absolute atomic E-state index is 0.267.